The molecule has 3 aromatic rings. The highest BCUT2D eigenvalue weighted by Gasteiger charge is 2.28. The first-order valence-corrected chi connectivity index (χ1v) is 10.9. The molecule has 1 fully saturated rings. The molecule has 0 spiro atoms. The molecule has 1 heterocycles. The lowest BCUT2D eigenvalue weighted by Crippen LogP contribution is -2.40. The lowest BCUT2D eigenvalue weighted by atomic mass is 9.91. The van der Waals surface area contributed by atoms with Gasteiger partial charge in [-0.25, -0.2) is 4.39 Å². The van der Waals surface area contributed by atoms with Gasteiger partial charge in [-0.2, -0.15) is 0 Å². The topological polar surface area (TPSA) is 54.0 Å². The van der Waals surface area contributed by atoms with Gasteiger partial charge < -0.3 is 5.32 Å². The van der Waals surface area contributed by atoms with Crippen LogP contribution in [0.5, 0.6) is 0 Å². The molecule has 0 aliphatic heterocycles. The van der Waals surface area contributed by atoms with E-state index in [-0.39, 0.29) is 30.4 Å². The summed E-state index contributed by atoms with van der Waals surface area (Å²) in [6, 6.07) is 22.0. The van der Waals surface area contributed by atoms with Gasteiger partial charge in [0.2, 0.25) is 5.91 Å². The van der Waals surface area contributed by atoms with Crippen LogP contribution >= 0.6 is 0 Å². The normalized spacial score (nSPS) is 16.0. The molecule has 1 aliphatic carbocycles. The molecule has 1 aromatic heterocycles. The minimum Gasteiger partial charge on any atom is -0.348 e. The van der Waals surface area contributed by atoms with Gasteiger partial charge in [-0.3, -0.25) is 15.1 Å². The highest BCUT2D eigenvalue weighted by Crippen LogP contribution is 2.35. The lowest BCUT2D eigenvalue weighted by Gasteiger charge is -2.26. The number of aromatic nitrogens is 1. The van der Waals surface area contributed by atoms with Gasteiger partial charge in [0.15, 0.2) is 0 Å². The quantitative estimate of drug-likeness (QED) is 0.545. The third kappa shape index (κ3) is 5.56. The second kappa shape index (κ2) is 10.3. The van der Waals surface area contributed by atoms with E-state index < -0.39 is 0 Å². The Bertz CT molecular complexity index is 917. The summed E-state index contributed by atoms with van der Waals surface area (Å²) in [5.41, 5.74) is 2.89. The molecular formula is C26H28FN3O. The zero-order chi connectivity index (χ0) is 21.5. The van der Waals surface area contributed by atoms with Crippen LogP contribution in [0.4, 0.5) is 4.39 Å². The van der Waals surface area contributed by atoms with Crippen molar-refractivity contribution in [1.82, 2.24) is 15.6 Å². The molecule has 1 saturated carbocycles. The van der Waals surface area contributed by atoms with E-state index in [1.165, 1.54) is 25.0 Å². The van der Waals surface area contributed by atoms with Crippen LogP contribution in [0, 0.1) is 11.7 Å². The van der Waals surface area contributed by atoms with Crippen molar-refractivity contribution in [3.05, 3.63) is 102 Å². The van der Waals surface area contributed by atoms with Crippen LogP contribution in [0.25, 0.3) is 0 Å². The molecule has 5 heteroatoms. The van der Waals surface area contributed by atoms with Gasteiger partial charge in [0.1, 0.15) is 5.82 Å². The van der Waals surface area contributed by atoms with Gasteiger partial charge in [0.25, 0.3) is 0 Å². The average molecular weight is 418 g/mol. The first kappa shape index (κ1) is 21.2. The Kier molecular flexibility index (Phi) is 7.05. The molecular weight excluding hydrogens is 389 g/mol. The number of nitrogens with zero attached hydrogens (tertiary/aromatic N) is 1. The van der Waals surface area contributed by atoms with Crippen molar-refractivity contribution in [2.24, 2.45) is 5.92 Å². The maximum atomic E-state index is 13.4. The fourth-order valence-electron chi connectivity index (χ4n) is 4.44. The second-order valence-electron chi connectivity index (χ2n) is 8.12. The summed E-state index contributed by atoms with van der Waals surface area (Å²) in [6.07, 6.45) is 6.27. The zero-order valence-corrected chi connectivity index (χ0v) is 17.5. The Hall–Kier alpha value is -3.05. The van der Waals surface area contributed by atoms with Crippen LogP contribution in [0.1, 0.15) is 54.6 Å². The maximum Gasteiger partial charge on any atom is 0.234 e. The molecule has 2 N–H and O–H groups in total. The average Bonchev–Trinajstić information content (AvgIpc) is 3.34. The molecule has 0 bridgehead atoms. The minimum atomic E-state index is -0.261. The minimum absolute atomic E-state index is 0.0712. The van der Waals surface area contributed by atoms with Gasteiger partial charge >= 0.3 is 0 Å². The highest BCUT2D eigenvalue weighted by atomic mass is 19.1. The first-order valence-electron chi connectivity index (χ1n) is 10.9. The molecule has 1 aliphatic rings. The Morgan fingerprint density at radius 2 is 1.65 bits per heavy atom. The summed E-state index contributed by atoms with van der Waals surface area (Å²) >= 11 is 0. The molecule has 4 nitrogen and oxygen atoms in total. The maximum absolute atomic E-state index is 13.4. The van der Waals surface area contributed by atoms with E-state index in [2.05, 4.69) is 15.6 Å². The van der Waals surface area contributed by atoms with Gasteiger partial charge in [0, 0.05) is 6.20 Å². The number of hydrogen-bond donors (Lipinski definition) is 2. The van der Waals surface area contributed by atoms with E-state index in [1.54, 1.807) is 18.3 Å². The Morgan fingerprint density at radius 1 is 0.935 bits per heavy atom. The molecule has 31 heavy (non-hydrogen) atoms. The Labute approximate surface area is 182 Å². The van der Waals surface area contributed by atoms with E-state index in [1.807, 2.05) is 48.5 Å². The van der Waals surface area contributed by atoms with Gasteiger partial charge in [-0.1, -0.05) is 61.4 Å². The molecule has 160 valence electrons. The SMILES string of the molecule is O=C(CNC(c1ccccc1)c1ccccn1)NC(c1ccc(F)cc1)C1CCCC1. The van der Waals surface area contributed by atoms with Crippen molar-refractivity contribution < 1.29 is 9.18 Å². The van der Waals surface area contributed by atoms with Gasteiger partial charge in [0.05, 0.1) is 24.3 Å². The summed E-state index contributed by atoms with van der Waals surface area (Å²) in [6.45, 7) is 0.167. The number of benzene rings is 2. The Morgan fingerprint density at radius 3 is 2.32 bits per heavy atom. The number of carbonyl (C=O) groups is 1. The predicted octanol–water partition coefficient (Wildman–Crippen LogP) is 4.95. The number of nitrogens with one attached hydrogen (secondary N) is 2. The number of hydrogen-bond acceptors (Lipinski definition) is 3. The van der Waals surface area contributed by atoms with Gasteiger partial charge in [-0.05, 0) is 54.2 Å². The van der Waals surface area contributed by atoms with Crippen LogP contribution in [0.3, 0.4) is 0 Å². The summed E-state index contributed by atoms with van der Waals surface area (Å²) in [7, 11) is 0. The number of carbonyl (C=O) groups excluding carboxylic acids is 1. The molecule has 2 atom stereocenters. The zero-order valence-electron chi connectivity index (χ0n) is 17.5. The third-order valence-corrected chi connectivity index (χ3v) is 6.00. The molecule has 1 amide bonds. The fraction of sp³-hybridized carbons (Fsp3) is 0.308. The first-order chi connectivity index (χ1) is 15.2. The molecule has 4 rings (SSSR count). The van der Waals surface area contributed by atoms with Crippen LogP contribution in [0.15, 0.2) is 79.0 Å². The van der Waals surface area contributed by atoms with E-state index in [4.69, 9.17) is 0 Å². The van der Waals surface area contributed by atoms with Crippen LogP contribution in [-0.4, -0.2) is 17.4 Å². The van der Waals surface area contributed by atoms with Crippen LogP contribution < -0.4 is 10.6 Å². The predicted molar refractivity (Wildman–Crippen MR) is 120 cm³/mol. The monoisotopic (exact) mass is 417 g/mol. The van der Waals surface area contributed by atoms with Crippen LogP contribution in [-0.2, 0) is 4.79 Å². The highest BCUT2D eigenvalue weighted by molar-refractivity contribution is 5.78. The summed E-state index contributed by atoms with van der Waals surface area (Å²) in [5.74, 6) is 0.0520. The molecule has 2 aromatic carbocycles. The largest absolute Gasteiger partial charge is 0.348 e. The smallest absolute Gasteiger partial charge is 0.234 e. The van der Waals surface area contributed by atoms with Crippen molar-refractivity contribution in [2.75, 3.05) is 6.54 Å². The van der Waals surface area contributed by atoms with Crippen molar-refractivity contribution >= 4 is 5.91 Å². The van der Waals surface area contributed by atoms with Crippen molar-refractivity contribution in [3.8, 4) is 0 Å². The molecule has 2 unspecified atom stereocenters. The van der Waals surface area contributed by atoms with E-state index in [0.29, 0.717) is 5.92 Å². The second-order valence-corrected chi connectivity index (χ2v) is 8.12. The number of pyridine rings is 1. The molecule has 0 radical (unpaired) electrons. The standard InChI is InChI=1S/C26H28FN3O/c27-22-15-13-21(14-16-22)25(19-10-4-5-11-19)30-24(31)18-29-26(20-8-2-1-3-9-20)23-12-6-7-17-28-23/h1-3,6-9,12-17,19,25-26,29H,4-5,10-11,18H2,(H,30,31). The lowest BCUT2D eigenvalue weighted by molar-refractivity contribution is -0.121. The summed E-state index contributed by atoms with van der Waals surface area (Å²) in [4.78, 5) is 17.4. The summed E-state index contributed by atoms with van der Waals surface area (Å²) < 4.78 is 13.4. The summed E-state index contributed by atoms with van der Waals surface area (Å²) in [5, 5.41) is 6.58. The van der Waals surface area contributed by atoms with Crippen LogP contribution in [0.2, 0.25) is 0 Å². The van der Waals surface area contributed by atoms with E-state index >= 15 is 0 Å². The molecule has 0 saturated heterocycles. The number of halogens is 1. The number of rotatable bonds is 8. The number of amides is 1. The van der Waals surface area contributed by atoms with Crippen molar-refractivity contribution in [1.29, 1.82) is 0 Å². The van der Waals surface area contributed by atoms with Gasteiger partial charge in [-0.15, -0.1) is 0 Å². The van der Waals surface area contributed by atoms with Crippen molar-refractivity contribution in [2.45, 2.75) is 37.8 Å². The third-order valence-electron chi connectivity index (χ3n) is 6.00. The fourth-order valence-corrected chi connectivity index (χ4v) is 4.44. The van der Waals surface area contributed by atoms with E-state index in [0.717, 1.165) is 29.7 Å². The van der Waals surface area contributed by atoms with Crippen molar-refractivity contribution in [3.63, 3.8) is 0 Å². The Balaban J connectivity index is 1.47. The van der Waals surface area contributed by atoms with E-state index in [9.17, 15) is 9.18 Å².